The Morgan fingerprint density at radius 3 is 1.58 bits per heavy atom. The topological polar surface area (TPSA) is 115 Å². The Morgan fingerprint density at radius 2 is 1.06 bits per heavy atom. The first-order valence-corrected chi connectivity index (χ1v) is 23.4. The number of nitrogens with one attached hydrogen (secondary N) is 3. The molecule has 0 spiro atoms. The summed E-state index contributed by atoms with van der Waals surface area (Å²) in [6.45, 7) is 10.8. The van der Waals surface area contributed by atoms with Crippen molar-refractivity contribution in [3.63, 3.8) is 0 Å². The summed E-state index contributed by atoms with van der Waals surface area (Å²) in [6.07, 6.45) is 8.82. The minimum absolute atomic E-state index is 0.00659. The zero-order valence-electron chi connectivity index (χ0n) is 39.0. The maximum Gasteiger partial charge on any atom is 0.236 e. The van der Waals surface area contributed by atoms with Crippen LogP contribution in [0.4, 0.5) is 4.39 Å². The quantitative estimate of drug-likeness (QED) is 0.0522. The van der Waals surface area contributed by atoms with Gasteiger partial charge in [-0.3, -0.25) is 14.4 Å². The molecule has 0 aromatic heterocycles. The standard InChI is InChI=1S/C16H25ClN2O2.C16H25FN2O2.C16H26N2OS/c2*1-4-5-11-21-14-8-6-7-13(16(14)17)9-10-18-12-15(20)19(2)3;1-4-5-11-20-15-8-6-7-14(12-15)9-10-17-13-16(19)18(2)3/h2*6-8,18H,4-5,9-12H2,1-3H3;6-8,12,17H,4-5,9-11,13H2,1-3H3. The summed E-state index contributed by atoms with van der Waals surface area (Å²) in [5.41, 5.74) is 2.97. The molecule has 0 saturated carbocycles. The van der Waals surface area contributed by atoms with Gasteiger partial charge in [-0.15, -0.1) is 11.8 Å². The zero-order chi connectivity index (χ0) is 46.1. The lowest BCUT2D eigenvalue weighted by molar-refractivity contribution is -0.128. The minimum Gasteiger partial charge on any atom is -0.492 e. The van der Waals surface area contributed by atoms with E-state index in [1.165, 1.54) is 34.0 Å². The van der Waals surface area contributed by atoms with Gasteiger partial charge >= 0.3 is 0 Å². The van der Waals surface area contributed by atoms with E-state index in [1.54, 1.807) is 70.3 Å². The van der Waals surface area contributed by atoms with E-state index in [2.05, 4.69) is 61.0 Å². The van der Waals surface area contributed by atoms with Crippen LogP contribution in [0.2, 0.25) is 5.02 Å². The number of benzene rings is 3. The maximum absolute atomic E-state index is 14.2. The van der Waals surface area contributed by atoms with Crippen LogP contribution < -0.4 is 25.4 Å². The number of ether oxygens (including phenoxy) is 2. The van der Waals surface area contributed by atoms with Crippen molar-refractivity contribution in [3.05, 3.63) is 88.2 Å². The molecule has 0 aliphatic rings. The van der Waals surface area contributed by atoms with Crippen molar-refractivity contribution in [2.24, 2.45) is 0 Å². The molecule has 3 aromatic rings. The predicted molar refractivity (Wildman–Crippen MR) is 257 cm³/mol. The highest BCUT2D eigenvalue weighted by Crippen LogP contribution is 2.28. The van der Waals surface area contributed by atoms with Gasteiger partial charge in [0.05, 0.1) is 37.9 Å². The highest BCUT2D eigenvalue weighted by atomic mass is 35.5. The highest BCUT2D eigenvalue weighted by molar-refractivity contribution is 7.99. The van der Waals surface area contributed by atoms with Crippen molar-refractivity contribution in [1.82, 2.24) is 30.7 Å². The van der Waals surface area contributed by atoms with Crippen molar-refractivity contribution >= 4 is 41.1 Å². The summed E-state index contributed by atoms with van der Waals surface area (Å²) in [7, 11) is 10.5. The number of amides is 3. The van der Waals surface area contributed by atoms with Gasteiger partial charge in [-0.25, -0.2) is 4.39 Å². The third kappa shape index (κ3) is 25.3. The molecular weight excluding hydrogens is 827 g/mol. The summed E-state index contributed by atoms with van der Waals surface area (Å²) >= 11 is 8.28. The van der Waals surface area contributed by atoms with E-state index in [9.17, 15) is 18.8 Å². The minimum atomic E-state index is -0.297. The van der Waals surface area contributed by atoms with Crippen LogP contribution in [0.3, 0.4) is 0 Å². The fourth-order valence-electron chi connectivity index (χ4n) is 5.24. The van der Waals surface area contributed by atoms with Gasteiger partial charge in [0.2, 0.25) is 17.7 Å². The number of hydrogen-bond donors (Lipinski definition) is 3. The molecule has 0 bridgehead atoms. The molecule has 3 aromatic carbocycles. The van der Waals surface area contributed by atoms with E-state index in [0.29, 0.717) is 62.1 Å². The lowest BCUT2D eigenvalue weighted by Gasteiger charge is -2.13. The first-order chi connectivity index (χ1) is 29.7. The number of likely N-dealkylation sites (N-methyl/N-ethyl adjacent to an activating group) is 3. The molecular formula is C48H76ClFN6O5S. The van der Waals surface area contributed by atoms with E-state index in [4.69, 9.17) is 21.1 Å². The zero-order valence-corrected chi connectivity index (χ0v) is 40.6. The second kappa shape index (κ2) is 34.6. The summed E-state index contributed by atoms with van der Waals surface area (Å²) in [6, 6.07) is 19.7. The number of rotatable bonds is 27. The largest absolute Gasteiger partial charge is 0.492 e. The van der Waals surface area contributed by atoms with Gasteiger partial charge in [-0.2, -0.15) is 0 Å². The first-order valence-electron chi connectivity index (χ1n) is 22.0. The van der Waals surface area contributed by atoms with Crippen molar-refractivity contribution in [2.45, 2.75) is 83.5 Å². The average Bonchev–Trinajstić information content (AvgIpc) is 3.25. The number of unbranched alkanes of at least 4 members (excludes halogenated alkanes) is 3. The molecule has 0 radical (unpaired) electrons. The lowest BCUT2D eigenvalue weighted by atomic mass is 10.1. The Kier molecular flexibility index (Phi) is 31.3. The van der Waals surface area contributed by atoms with Crippen molar-refractivity contribution in [3.8, 4) is 11.5 Å². The fraction of sp³-hybridized carbons (Fsp3) is 0.562. The van der Waals surface area contributed by atoms with Crippen molar-refractivity contribution in [2.75, 3.05) is 101 Å². The van der Waals surface area contributed by atoms with Crippen LogP contribution in [0.5, 0.6) is 11.5 Å². The molecule has 0 atom stereocenters. The molecule has 11 nitrogen and oxygen atoms in total. The Labute approximate surface area is 382 Å². The third-order valence-corrected chi connectivity index (χ3v) is 10.8. The van der Waals surface area contributed by atoms with Gasteiger partial charge < -0.3 is 40.1 Å². The monoisotopic (exact) mass is 903 g/mol. The summed E-state index contributed by atoms with van der Waals surface area (Å²) in [5, 5.41) is 10.0. The predicted octanol–water partition coefficient (Wildman–Crippen LogP) is 7.76. The average molecular weight is 904 g/mol. The van der Waals surface area contributed by atoms with E-state index in [-0.39, 0.29) is 30.1 Å². The van der Waals surface area contributed by atoms with Crippen molar-refractivity contribution < 1.29 is 28.2 Å². The van der Waals surface area contributed by atoms with E-state index < -0.39 is 0 Å². The van der Waals surface area contributed by atoms with Gasteiger partial charge in [-0.05, 0) is 105 Å². The van der Waals surface area contributed by atoms with Crippen LogP contribution >= 0.6 is 23.4 Å². The smallest absolute Gasteiger partial charge is 0.236 e. The number of thioether (sulfide) groups is 1. The summed E-state index contributed by atoms with van der Waals surface area (Å²) in [4.78, 5) is 40.3. The van der Waals surface area contributed by atoms with Gasteiger partial charge in [0.1, 0.15) is 5.75 Å². The number of hydrogen-bond acceptors (Lipinski definition) is 9. The van der Waals surface area contributed by atoms with Crippen LogP contribution in [-0.2, 0) is 33.6 Å². The first kappa shape index (κ1) is 56.1. The van der Waals surface area contributed by atoms with E-state index in [1.807, 2.05) is 30.0 Å². The van der Waals surface area contributed by atoms with Gasteiger partial charge in [0.15, 0.2) is 11.6 Å². The molecule has 0 aliphatic carbocycles. The maximum atomic E-state index is 14.2. The third-order valence-electron chi connectivity index (χ3n) is 9.32. The van der Waals surface area contributed by atoms with Crippen molar-refractivity contribution in [1.29, 1.82) is 0 Å². The molecule has 0 aliphatic heterocycles. The molecule has 62 heavy (non-hydrogen) atoms. The molecule has 3 N–H and O–H groups in total. The molecule has 3 amide bonds. The summed E-state index contributed by atoms with van der Waals surface area (Å²) < 4.78 is 25.3. The molecule has 348 valence electrons. The van der Waals surface area contributed by atoms with Crippen LogP contribution in [0.15, 0.2) is 65.6 Å². The normalized spacial score (nSPS) is 10.5. The van der Waals surface area contributed by atoms with Gasteiger partial charge in [0.25, 0.3) is 0 Å². The van der Waals surface area contributed by atoms with Crippen LogP contribution in [0, 0.1) is 5.82 Å². The Morgan fingerprint density at radius 1 is 0.613 bits per heavy atom. The van der Waals surface area contributed by atoms with E-state index >= 15 is 0 Å². The Bertz CT molecular complexity index is 1620. The highest BCUT2D eigenvalue weighted by Gasteiger charge is 2.11. The lowest BCUT2D eigenvalue weighted by Crippen LogP contribution is -2.33. The second-order valence-corrected chi connectivity index (χ2v) is 16.9. The van der Waals surface area contributed by atoms with Crippen LogP contribution in [-0.4, -0.2) is 133 Å². The van der Waals surface area contributed by atoms with Gasteiger partial charge in [-0.1, -0.05) is 88.0 Å². The second-order valence-electron chi connectivity index (χ2n) is 15.4. The fourth-order valence-corrected chi connectivity index (χ4v) is 6.59. The Hall–Kier alpha value is -3.88. The van der Waals surface area contributed by atoms with Crippen LogP contribution in [0.1, 0.15) is 76.0 Å². The van der Waals surface area contributed by atoms with Gasteiger partial charge in [0, 0.05) is 47.2 Å². The number of nitrogens with zero attached hydrogens (tertiary/aromatic N) is 3. The Balaban J connectivity index is 0.000000465. The van der Waals surface area contributed by atoms with Crippen LogP contribution in [0.25, 0.3) is 0 Å². The SMILES string of the molecule is CCCCOc1cccc(CCNCC(=O)N(C)C)c1Cl.CCCCOc1cccc(CCNCC(=O)N(C)C)c1F.CCCCSc1cccc(CCNCC(=O)N(C)C)c1. The molecule has 14 heteroatoms. The molecule has 3 rings (SSSR count). The van der Waals surface area contributed by atoms with E-state index in [0.717, 1.165) is 56.4 Å². The molecule has 0 saturated heterocycles. The number of carbonyl (C=O) groups excluding carboxylic acids is 3. The molecule has 0 unspecified atom stereocenters. The molecule has 0 heterocycles. The summed E-state index contributed by atoms with van der Waals surface area (Å²) in [5.74, 6) is 2.14. The molecule has 0 fully saturated rings. The number of halogens is 2. The number of carbonyl (C=O) groups is 3.